The van der Waals surface area contributed by atoms with Crippen molar-refractivity contribution in [2.45, 2.75) is 13.0 Å². The lowest BCUT2D eigenvalue weighted by molar-refractivity contribution is 0.326. The molecule has 16 heavy (non-hydrogen) atoms. The second kappa shape index (κ2) is 5.97. The van der Waals surface area contributed by atoms with Gasteiger partial charge in [0.15, 0.2) is 0 Å². The van der Waals surface area contributed by atoms with Crippen LogP contribution in [0.15, 0.2) is 10.7 Å². The molecule has 0 bridgehead atoms. The number of nitrogens with zero attached hydrogens (tertiary/aromatic N) is 3. The predicted molar refractivity (Wildman–Crippen MR) is 69.2 cm³/mol. The largest absolute Gasteiger partial charge is 0.367 e. The van der Waals surface area contributed by atoms with E-state index in [0.29, 0.717) is 12.0 Å². The quantitative estimate of drug-likeness (QED) is 0.552. The average Bonchev–Trinajstić information content (AvgIpc) is 2.27. The van der Waals surface area contributed by atoms with E-state index in [2.05, 4.69) is 48.5 Å². The molecular weight excluding hydrogens is 272 g/mol. The maximum Gasteiger partial charge on any atom is 0.239 e. The monoisotopic (exact) mass is 288 g/mol. The summed E-state index contributed by atoms with van der Waals surface area (Å²) in [4.78, 5) is 10.3. The number of nitrogens with one attached hydrogen (secondary N) is 2. The summed E-state index contributed by atoms with van der Waals surface area (Å²) in [6, 6.07) is 0.413. The fourth-order valence-electron chi connectivity index (χ4n) is 0.988. The number of anilines is 2. The number of hydrogen-bond donors (Lipinski definition) is 3. The second-order valence-corrected chi connectivity index (χ2v) is 4.58. The van der Waals surface area contributed by atoms with Crippen molar-refractivity contribution in [3.63, 3.8) is 0 Å². The molecule has 6 nitrogen and oxygen atoms in total. The van der Waals surface area contributed by atoms with Crippen molar-refractivity contribution in [3.05, 3.63) is 10.7 Å². The number of halogens is 1. The summed E-state index contributed by atoms with van der Waals surface area (Å²) in [6.45, 7) is 2.93. The summed E-state index contributed by atoms with van der Waals surface area (Å²) in [5, 5.41) is 3.23. The van der Waals surface area contributed by atoms with Gasteiger partial charge >= 0.3 is 0 Å². The smallest absolute Gasteiger partial charge is 0.239 e. The van der Waals surface area contributed by atoms with Gasteiger partial charge in [0.2, 0.25) is 5.95 Å². The summed E-state index contributed by atoms with van der Waals surface area (Å²) in [5.41, 5.74) is 2.41. The Morgan fingerprint density at radius 2 is 2.25 bits per heavy atom. The molecule has 7 heteroatoms. The van der Waals surface area contributed by atoms with Crippen LogP contribution in [0, 0.1) is 0 Å². The molecule has 0 radical (unpaired) electrons. The molecule has 90 valence electrons. The number of nitrogens with two attached hydrogens (primary N) is 1. The number of hydrazine groups is 1. The minimum atomic E-state index is 0.392. The van der Waals surface area contributed by atoms with Crippen LogP contribution in [0.4, 0.5) is 11.8 Å². The number of aromatic nitrogens is 2. The third-order valence-corrected chi connectivity index (χ3v) is 2.90. The highest BCUT2D eigenvalue weighted by atomic mass is 79.9. The van der Waals surface area contributed by atoms with E-state index in [0.717, 1.165) is 16.8 Å². The van der Waals surface area contributed by atoms with Crippen LogP contribution >= 0.6 is 15.9 Å². The van der Waals surface area contributed by atoms with E-state index < -0.39 is 0 Å². The van der Waals surface area contributed by atoms with Gasteiger partial charge in [-0.25, -0.2) is 10.8 Å². The minimum Gasteiger partial charge on any atom is -0.367 e. The van der Waals surface area contributed by atoms with Crippen LogP contribution in [0.2, 0.25) is 0 Å². The SMILES string of the molecule is CC(CNc1nc(NN)ncc1Br)N(C)C. The van der Waals surface area contributed by atoms with Gasteiger partial charge in [0, 0.05) is 18.8 Å². The summed E-state index contributed by atoms with van der Waals surface area (Å²) in [5.74, 6) is 6.37. The third-order valence-electron chi connectivity index (χ3n) is 2.32. The molecule has 0 saturated carbocycles. The van der Waals surface area contributed by atoms with Crippen molar-refractivity contribution in [2.75, 3.05) is 31.4 Å². The fourth-order valence-corrected chi connectivity index (χ4v) is 1.32. The Bertz CT molecular complexity index is 343. The summed E-state index contributed by atoms with van der Waals surface area (Å²) in [6.07, 6.45) is 1.66. The van der Waals surface area contributed by atoms with Gasteiger partial charge in [-0.2, -0.15) is 4.98 Å². The van der Waals surface area contributed by atoms with Crippen LogP contribution in [-0.2, 0) is 0 Å². The van der Waals surface area contributed by atoms with Crippen LogP contribution in [0.1, 0.15) is 6.92 Å². The highest BCUT2D eigenvalue weighted by Crippen LogP contribution is 2.19. The summed E-state index contributed by atoms with van der Waals surface area (Å²) < 4.78 is 0.817. The van der Waals surface area contributed by atoms with Gasteiger partial charge in [-0.05, 0) is 36.9 Å². The maximum atomic E-state index is 5.25. The standard InChI is InChI=1S/C9H17BrN6/c1-6(16(2)3)4-12-8-7(10)5-13-9(14-8)15-11/h5-6H,4,11H2,1-3H3,(H2,12,13,14,15). The van der Waals surface area contributed by atoms with Crippen LogP contribution < -0.4 is 16.6 Å². The molecule has 0 amide bonds. The Morgan fingerprint density at radius 3 is 2.81 bits per heavy atom. The van der Waals surface area contributed by atoms with E-state index in [9.17, 15) is 0 Å². The van der Waals surface area contributed by atoms with Crippen molar-refractivity contribution in [3.8, 4) is 0 Å². The van der Waals surface area contributed by atoms with Gasteiger partial charge in [-0.1, -0.05) is 0 Å². The molecule has 0 spiro atoms. The lowest BCUT2D eigenvalue weighted by atomic mass is 10.3. The zero-order chi connectivity index (χ0) is 12.1. The minimum absolute atomic E-state index is 0.392. The van der Waals surface area contributed by atoms with Crippen LogP contribution in [0.5, 0.6) is 0 Å². The van der Waals surface area contributed by atoms with E-state index in [1.54, 1.807) is 6.20 Å². The van der Waals surface area contributed by atoms with Crippen molar-refractivity contribution in [1.29, 1.82) is 0 Å². The van der Waals surface area contributed by atoms with E-state index in [4.69, 9.17) is 5.84 Å². The zero-order valence-corrected chi connectivity index (χ0v) is 11.2. The highest BCUT2D eigenvalue weighted by Gasteiger charge is 2.07. The molecule has 0 fully saturated rings. The van der Waals surface area contributed by atoms with Gasteiger partial charge in [-0.15, -0.1) is 0 Å². The fraction of sp³-hybridized carbons (Fsp3) is 0.556. The molecule has 0 aliphatic carbocycles. The van der Waals surface area contributed by atoms with Crippen molar-refractivity contribution in [2.24, 2.45) is 5.84 Å². The Hall–Kier alpha value is -0.920. The molecular formula is C9H17BrN6. The topological polar surface area (TPSA) is 79.1 Å². The molecule has 4 N–H and O–H groups in total. The predicted octanol–water partition coefficient (Wildman–Crippen LogP) is 0.887. The van der Waals surface area contributed by atoms with Crippen molar-refractivity contribution >= 4 is 27.7 Å². The van der Waals surface area contributed by atoms with Gasteiger partial charge in [-0.3, -0.25) is 5.43 Å². The normalized spacial score (nSPS) is 12.6. The maximum absolute atomic E-state index is 5.25. The lowest BCUT2D eigenvalue weighted by Crippen LogP contribution is -2.31. The molecule has 1 rings (SSSR count). The third kappa shape index (κ3) is 3.58. The second-order valence-electron chi connectivity index (χ2n) is 3.73. The van der Waals surface area contributed by atoms with E-state index >= 15 is 0 Å². The Labute approximate surface area is 104 Å². The number of rotatable bonds is 5. The molecule has 1 aromatic heterocycles. The first-order valence-corrected chi connectivity index (χ1v) is 5.73. The van der Waals surface area contributed by atoms with Gasteiger partial charge in [0.25, 0.3) is 0 Å². The Kier molecular flexibility index (Phi) is 4.91. The van der Waals surface area contributed by atoms with Gasteiger partial charge in [0.1, 0.15) is 5.82 Å². The lowest BCUT2D eigenvalue weighted by Gasteiger charge is -2.20. The summed E-state index contributed by atoms with van der Waals surface area (Å²) in [7, 11) is 4.07. The summed E-state index contributed by atoms with van der Waals surface area (Å²) >= 11 is 3.38. The van der Waals surface area contributed by atoms with Crippen LogP contribution in [0.3, 0.4) is 0 Å². The molecule has 1 unspecified atom stereocenters. The molecule has 1 atom stereocenters. The Morgan fingerprint density at radius 1 is 1.56 bits per heavy atom. The highest BCUT2D eigenvalue weighted by molar-refractivity contribution is 9.10. The first kappa shape index (κ1) is 13.1. The van der Waals surface area contributed by atoms with E-state index in [1.165, 1.54) is 0 Å². The number of hydrogen-bond acceptors (Lipinski definition) is 6. The molecule has 1 aromatic rings. The van der Waals surface area contributed by atoms with Gasteiger partial charge < -0.3 is 10.2 Å². The Balaban J connectivity index is 2.65. The molecule has 0 aliphatic rings. The average molecular weight is 289 g/mol. The first-order chi connectivity index (χ1) is 7.54. The first-order valence-electron chi connectivity index (χ1n) is 4.94. The van der Waals surface area contributed by atoms with Crippen molar-refractivity contribution < 1.29 is 0 Å². The molecule has 0 saturated heterocycles. The number of likely N-dealkylation sites (N-methyl/N-ethyl adjacent to an activating group) is 1. The van der Waals surface area contributed by atoms with E-state index in [1.807, 2.05) is 14.1 Å². The van der Waals surface area contributed by atoms with Crippen LogP contribution in [0.25, 0.3) is 0 Å². The molecule has 1 heterocycles. The zero-order valence-electron chi connectivity index (χ0n) is 9.66. The van der Waals surface area contributed by atoms with Gasteiger partial charge in [0.05, 0.1) is 4.47 Å². The molecule has 0 aliphatic heterocycles. The van der Waals surface area contributed by atoms with E-state index in [-0.39, 0.29) is 0 Å². The van der Waals surface area contributed by atoms with Crippen LogP contribution in [-0.4, -0.2) is 41.5 Å². The molecule has 0 aromatic carbocycles. The number of nitrogen functional groups attached to an aromatic ring is 1. The van der Waals surface area contributed by atoms with Crippen molar-refractivity contribution in [1.82, 2.24) is 14.9 Å².